The molecule has 2 saturated heterocycles. The van der Waals surface area contributed by atoms with E-state index < -0.39 is 12.2 Å². The van der Waals surface area contributed by atoms with Crippen LogP contribution in [0.15, 0.2) is 11.6 Å². The predicted octanol–water partition coefficient (Wildman–Crippen LogP) is 8.07. The van der Waals surface area contributed by atoms with Gasteiger partial charge in [0.1, 0.15) is 11.9 Å². The molecule has 3 aliphatic rings. The maximum atomic E-state index is 12.1. The Morgan fingerprint density at radius 1 is 0.727 bits per heavy atom. The highest BCUT2D eigenvalue weighted by Gasteiger charge is 2.40. The number of ether oxygens (including phenoxy) is 3. The number of hydrogen-bond acceptors (Lipinski definition) is 7. The summed E-state index contributed by atoms with van der Waals surface area (Å²) >= 11 is 0. The fraction of sp³-hybridized carbons (Fsp3) is 0.892. The monoisotopic (exact) mass is 620 g/mol. The van der Waals surface area contributed by atoms with Crippen LogP contribution in [-0.2, 0) is 23.8 Å². The van der Waals surface area contributed by atoms with Crippen molar-refractivity contribution in [3.8, 4) is 0 Å². The number of rotatable bonds is 25. The number of hydrogen-bond donors (Lipinski definition) is 2. The highest BCUT2D eigenvalue weighted by Crippen LogP contribution is 2.34. The molecule has 7 atom stereocenters. The van der Waals surface area contributed by atoms with E-state index in [4.69, 9.17) is 14.2 Å². The highest BCUT2D eigenvalue weighted by molar-refractivity contribution is 5.90. The van der Waals surface area contributed by atoms with Crippen LogP contribution in [-0.4, -0.2) is 64.7 Å². The van der Waals surface area contributed by atoms with E-state index in [0.29, 0.717) is 25.0 Å². The van der Waals surface area contributed by atoms with Crippen LogP contribution in [0.1, 0.15) is 168 Å². The van der Waals surface area contributed by atoms with E-state index in [2.05, 4.69) is 6.92 Å². The maximum Gasteiger partial charge on any atom is 0.334 e. The van der Waals surface area contributed by atoms with Crippen LogP contribution in [0.2, 0.25) is 0 Å². The Kier molecular flexibility index (Phi) is 18.2. The summed E-state index contributed by atoms with van der Waals surface area (Å²) in [6, 6.07) is 0. The van der Waals surface area contributed by atoms with Crippen molar-refractivity contribution in [3.63, 3.8) is 0 Å². The fourth-order valence-corrected chi connectivity index (χ4v) is 7.14. The van der Waals surface area contributed by atoms with E-state index in [1.165, 1.54) is 57.8 Å². The number of aliphatic hydroxyl groups is 2. The van der Waals surface area contributed by atoms with Gasteiger partial charge in [-0.3, -0.25) is 4.79 Å². The third-order valence-corrected chi connectivity index (χ3v) is 9.90. The molecule has 0 amide bonds. The van der Waals surface area contributed by atoms with Gasteiger partial charge in [-0.1, -0.05) is 84.0 Å². The standard InChI is InChI=1S/C37H64O7/c1-3-4-5-15-19-30(38)20-17-22-32(40)34-24-26-36(44-34)35-25-23-33(43-35)31(39)21-16-13-11-9-7-6-8-10-12-14-18-29-27-28(2)42-37(29)41/h27-28,31-36,39-40H,3-26H2,1-2H3/t28?,31-,32+,33+,34+,35+,36+/m0/s1. The van der Waals surface area contributed by atoms with Crippen LogP contribution < -0.4 is 0 Å². The van der Waals surface area contributed by atoms with Crippen molar-refractivity contribution in [3.05, 3.63) is 11.6 Å². The summed E-state index contributed by atoms with van der Waals surface area (Å²) in [6.45, 7) is 4.09. The van der Waals surface area contributed by atoms with Crippen molar-refractivity contribution >= 4 is 11.8 Å². The molecule has 0 saturated carbocycles. The van der Waals surface area contributed by atoms with Gasteiger partial charge in [0, 0.05) is 18.4 Å². The van der Waals surface area contributed by atoms with Crippen molar-refractivity contribution < 1.29 is 34.0 Å². The van der Waals surface area contributed by atoms with Gasteiger partial charge < -0.3 is 24.4 Å². The van der Waals surface area contributed by atoms with Crippen LogP contribution in [0.25, 0.3) is 0 Å². The van der Waals surface area contributed by atoms with Gasteiger partial charge >= 0.3 is 5.97 Å². The molecule has 3 heterocycles. The molecule has 2 N–H and O–H groups in total. The number of unbranched alkanes of at least 4 members (excludes halogenated alkanes) is 12. The van der Waals surface area contributed by atoms with Crippen LogP contribution in [0.5, 0.6) is 0 Å². The normalized spacial score (nSPS) is 26.6. The molecule has 3 aliphatic heterocycles. The average Bonchev–Trinajstić information content (AvgIpc) is 3.76. The molecule has 0 aliphatic carbocycles. The summed E-state index contributed by atoms with van der Waals surface area (Å²) in [5.41, 5.74) is 0.861. The minimum Gasteiger partial charge on any atom is -0.455 e. The first-order valence-electron chi connectivity index (χ1n) is 18.5. The van der Waals surface area contributed by atoms with Gasteiger partial charge in [-0.15, -0.1) is 0 Å². The summed E-state index contributed by atoms with van der Waals surface area (Å²) in [4.78, 5) is 23.7. The van der Waals surface area contributed by atoms with Gasteiger partial charge in [0.05, 0.1) is 36.6 Å². The molecule has 7 heteroatoms. The molecular weight excluding hydrogens is 556 g/mol. The smallest absolute Gasteiger partial charge is 0.334 e. The number of Topliss-reactive ketones (excluding diaryl/α,β-unsaturated/α-hetero) is 1. The van der Waals surface area contributed by atoms with Crippen molar-refractivity contribution in [1.82, 2.24) is 0 Å². The predicted molar refractivity (Wildman–Crippen MR) is 174 cm³/mol. The number of aliphatic hydroxyl groups excluding tert-OH is 2. The average molecular weight is 621 g/mol. The highest BCUT2D eigenvalue weighted by atomic mass is 16.6. The molecule has 0 aromatic rings. The zero-order chi connectivity index (χ0) is 31.6. The van der Waals surface area contributed by atoms with Gasteiger partial charge in [-0.25, -0.2) is 4.79 Å². The van der Waals surface area contributed by atoms with E-state index in [1.807, 2.05) is 13.0 Å². The number of cyclic esters (lactones) is 1. The summed E-state index contributed by atoms with van der Waals surface area (Å²) in [5, 5.41) is 21.4. The first kappa shape index (κ1) is 37.2. The molecule has 1 unspecified atom stereocenters. The van der Waals surface area contributed by atoms with Crippen LogP contribution in [0, 0.1) is 0 Å². The summed E-state index contributed by atoms with van der Waals surface area (Å²) in [5.74, 6) is 0.194. The molecule has 0 bridgehead atoms. The first-order valence-corrected chi connectivity index (χ1v) is 18.5. The Bertz CT molecular complexity index is 842. The van der Waals surface area contributed by atoms with E-state index in [9.17, 15) is 19.8 Å². The lowest BCUT2D eigenvalue weighted by atomic mass is 10.00. The number of esters is 1. The summed E-state index contributed by atoms with van der Waals surface area (Å²) < 4.78 is 17.6. The van der Waals surface area contributed by atoms with Crippen LogP contribution >= 0.6 is 0 Å². The Morgan fingerprint density at radius 2 is 1.23 bits per heavy atom. The SMILES string of the molecule is CCCCCCC(=O)CCC[C@@H](O)[C@H]1CC[C@H]([C@H]2CC[C@H]([C@@H](O)CCCCCCCCCCCCC3=CC(C)OC3=O)O2)O1. The molecule has 0 aromatic heterocycles. The zero-order valence-corrected chi connectivity index (χ0v) is 28.0. The lowest BCUT2D eigenvalue weighted by Crippen LogP contribution is -2.33. The lowest BCUT2D eigenvalue weighted by molar-refractivity contribution is -0.139. The van der Waals surface area contributed by atoms with E-state index in [1.54, 1.807) is 0 Å². The van der Waals surface area contributed by atoms with E-state index >= 15 is 0 Å². The van der Waals surface area contributed by atoms with Crippen molar-refractivity contribution in [2.24, 2.45) is 0 Å². The Morgan fingerprint density at radius 3 is 1.77 bits per heavy atom. The second kappa shape index (κ2) is 21.5. The Labute approximate surface area is 267 Å². The van der Waals surface area contributed by atoms with Gasteiger partial charge in [0.15, 0.2) is 0 Å². The minimum atomic E-state index is -0.520. The first-order chi connectivity index (χ1) is 21.4. The maximum absolute atomic E-state index is 12.1. The Hall–Kier alpha value is -1.28. The topological polar surface area (TPSA) is 102 Å². The van der Waals surface area contributed by atoms with Crippen LogP contribution in [0.4, 0.5) is 0 Å². The molecule has 0 spiro atoms. The van der Waals surface area contributed by atoms with Crippen molar-refractivity contribution in [1.29, 1.82) is 0 Å². The Balaban J connectivity index is 1.13. The molecule has 0 radical (unpaired) electrons. The van der Waals surface area contributed by atoms with Crippen LogP contribution in [0.3, 0.4) is 0 Å². The van der Waals surface area contributed by atoms with Gasteiger partial charge in [0.2, 0.25) is 0 Å². The van der Waals surface area contributed by atoms with Gasteiger partial charge in [-0.2, -0.15) is 0 Å². The number of carbonyl (C=O) groups is 2. The van der Waals surface area contributed by atoms with Gasteiger partial charge in [0.25, 0.3) is 0 Å². The minimum absolute atomic E-state index is 0.000595. The molecule has 0 aromatic carbocycles. The van der Waals surface area contributed by atoms with E-state index in [-0.39, 0.29) is 36.5 Å². The van der Waals surface area contributed by atoms with Gasteiger partial charge in [-0.05, 0) is 77.2 Å². The summed E-state index contributed by atoms with van der Waals surface area (Å²) in [6.07, 6.45) is 24.9. The van der Waals surface area contributed by atoms with E-state index in [0.717, 1.165) is 82.6 Å². The zero-order valence-electron chi connectivity index (χ0n) is 28.0. The molecular formula is C37H64O7. The summed E-state index contributed by atoms with van der Waals surface area (Å²) in [7, 11) is 0. The lowest BCUT2D eigenvalue weighted by Gasteiger charge is -2.24. The second-order valence-corrected chi connectivity index (χ2v) is 13.8. The quantitative estimate of drug-likeness (QED) is 0.0786. The number of ketones is 1. The fourth-order valence-electron chi connectivity index (χ4n) is 7.14. The molecule has 44 heavy (non-hydrogen) atoms. The molecule has 3 rings (SSSR count). The largest absolute Gasteiger partial charge is 0.455 e. The number of carbonyl (C=O) groups excluding carboxylic acids is 2. The molecule has 7 nitrogen and oxygen atoms in total. The van der Waals surface area contributed by atoms with Crippen molar-refractivity contribution in [2.45, 2.75) is 211 Å². The third-order valence-electron chi connectivity index (χ3n) is 9.90. The third kappa shape index (κ3) is 14.0. The molecule has 2 fully saturated rings. The second-order valence-electron chi connectivity index (χ2n) is 13.8. The molecule has 254 valence electrons. The van der Waals surface area contributed by atoms with Crippen molar-refractivity contribution in [2.75, 3.05) is 0 Å².